The van der Waals surface area contributed by atoms with E-state index >= 15 is 0 Å². The number of amidine groups is 1. The molecule has 2 atom stereocenters. The molecule has 0 radical (unpaired) electrons. The average Bonchev–Trinajstić information content (AvgIpc) is 3.22. The smallest absolute Gasteiger partial charge is 0.241 e. The van der Waals surface area contributed by atoms with Crippen LogP contribution in [0.3, 0.4) is 0 Å². The number of hydrogen-bond acceptors (Lipinski definition) is 7. The molecular formula is C20H21Cl3N4O4. The minimum absolute atomic E-state index is 0.00699. The Kier molecular flexibility index (Phi) is 10.0. The number of aliphatic hydroxyl groups excluding tert-OH is 2. The predicted octanol–water partition coefficient (Wildman–Crippen LogP) is 4.25. The van der Waals surface area contributed by atoms with Gasteiger partial charge < -0.3 is 25.7 Å². The molecule has 0 aliphatic heterocycles. The summed E-state index contributed by atoms with van der Waals surface area (Å²) >= 11 is 17.0. The summed E-state index contributed by atoms with van der Waals surface area (Å²) in [7, 11) is 0. The molecule has 166 valence electrons. The Balaban J connectivity index is 0.000000225. The number of benzene rings is 2. The molecule has 0 aliphatic rings. The minimum atomic E-state index is -0.775. The third-order valence-corrected chi connectivity index (χ3v) is 4.77. The fraction of sp³-hybridized carbons (Fsp3) is 0.250. The molecule has 31 heavy (non-hydrogen) atoms. The van der Waals surface area contributed by atoms with Crippen molar-refractivity contribution in [3.8, 4) is 0 Å². The zero-order valence-corrected chi connectivity index (χ0v) is 18.5. The van der Waals surface area contributed by atoms with E-state index < -0.39 is 12.2 Å². The lowest BCUT2D eigenvalue weighted by molar-refractivity contribution is 0.174. The van der Waals surface area contributed by atoms with Crippen LogP contribution in [0, 0.1) is 0 Å². The van der Waals surface area contributed by atoms with Crippen molar-refractivity contribution in [2.24, 2.45) is 10.9 Å². The fourth-order valence-electron chi connectivity index (χ4n) is 2.44. The van der Waals surface area contributed by atoms with E-state index in [1.165, 1.54) is 0 Å². The minimum Gasteiger partial charge on any atom is -0.409 e. The number of rotatable bonds is 7. The maximum absolute atomic E-state index is 9.95. The quantitative estimate of drug-likeness (QED) is 0.128. The summed E-state index contributed by atoms with van der Waals surface area (Å²) in [5, 5.41) is 35.6. The van der Waals surface area contributed by atoms with Crippen molar-refractivity contribution < 1.29 is 19.9 Å². The molecule has 0 amide bonds. The van der Waals surface area contributed by atoms with E-state index in [1.807, 2.05) is 0 Å². The lowest BCUT2D eigenvalue weighted by atomic mass is 10.1. The highest BCUT2D eigenvalue weighted by Crippen LogP contribution is 2.20. The summed E-state index contributed by atoms with van der Waals surface area (Å²) < 4.78 is 4.84. The van der Waals surface area contributed by atoms with Crippen LogP contribution < -0.4 is 5.73 Å². The zero-order valence-electron chi connectivity index (χ0n) is 16.2. The van der Waals surface area contributed by atoms with Gasteiger partial charge in [0.2, 0.25) is 5.89 Å². The van der Waals surface area contributed by atoms with Crippen LogP contribution in [0.1, 0.15) is 41.5 Å². The Morgan fingerprint density at radius 1 is 0.968 bits per heavy atom. The molecule has 5 N–H and O–H groups in total. The van der Waals surface area contributed by atoms with E-state index in [2.05, 4.69) is 15.3 Å². The van der Waals surface area contributed by atoms with Gasteiger partial charge in [0.15, 0.2) is 5.82 Å². The molecule has 0 bridgehead atoms. The highest BCUT2D eigenvalue weighted by molar-refractivity contribution is 6.30. The van der Waals surface area contributed by atoms with Crippen molar-refractivity contribution in [2.45, 2.75) is 30.9 Å². The Hall–Kier alpha value is -2.36. The monoisotopic (exact) mass is 486 g/mol. The first kappa shape index (κ1) is 24.9. The van der Waals surface area contributed by atoms with Gasteiger partial charge in [-0.15, -0.1) is 11.6 Å². The predicted molar refractivity (Wildman–Crippen MR) is 118 cm³/mol. The van der Waals surface area contributed by atoms with Crippen LogP contribution in [0.2, 0.25) is 10.0 Å². The zero-order chi connectivity index (χ0) is 22.8. The van der Waals surface area contributed by atoms with Crippen molar-refractivity contribution >= 4 is 40.6 Å². The Morgan fingerprint density at radius 3 is 1.94 bits per heavy atom. The average molecular weight is 488 g/mol. The summed E-state index contributed by atoms with van der Waals surface area (Å²) in [6.45, 7) is 0. The van der Waals surface area contributed by atoms with E-state index in [0.717, 1.165) is 5.56 Å². The van der Waals surface area contributed by atoms with Gasteiger partial charge in [-0.05, 0) is 35.4 Å². The summed E-state index contributed by atoms with van der Waals surface area (Å²) in [4.78, 5) is 4.02. The number of aromatic nitrogens is 2. The lowest BCUT2D eigenvalue weighted by Crippen LogP contribution is -2.15. The van der Waals surface area contributed by atoms with Crippen LogP contribution in [-0.2, 0) is 12.3 Å². The van der Waals surface area contributed by atoms with Gasteiger partial charge in [0.05, 0.1) is 12.2 Å². The molecular weight excluding hydrogens is 467 g/mol. The van der Waals surface area contributed by atoms with Crippen molar-refractivity contribution in [1.29, 1.82) is 0 Å². The summed E-state index contributed by atoms with van der Waals surface area (Å²) in [5.74, 6) is 0.949. The molecule has 1 heterocycles. The van der Waals surface area contributed by atoms with Crippen LogP contribution in [-0.4, -0.2) is 31.4 Å². The van der Waals surface area contributed by atoms with Crippen molar-refractivity contribution in [3.05, 3.63) is 81.4 Å². The molecule has 8 nitrogen and oxygen atoms in total. The Labute approximate surface area is 193 Å². The molecule has 3 aromatic rings. The summed E-state index contributed by atoms with van der Waals surface area (Å²) in [5.41, 5.74) is 6.69. The number of nitrogens with zero attached hydrogens (tertiary/aromatic N) is 3. The number of nitrogens with two attached hydrogens (primary N) is 1. The third kappa shape index (κ3) is 8.35. The molecule has 1 aromatic heterocycles. The second-order valence-electron chi connectivity index (χ2n) is 6.37. The van der Waals surface area contributed by atoms with E-state index in [0.29, 0.717) is 27.3 Å². The number of oxime groups is 1. The molecule has 3 rings (SSSR count). The van der Waals surface area contributed by atoms with Crippen molar-refractivity contribution in [2.75, 3.05) is 0 Å². The molecule has 0 unspecified atom stereocenters. The van der Waals surface area contributed by atoms with Gasteiger partial charge in [-0.1, -0.05) is 57.8 Å². The molecule has 0 aliphatic carbocycles. The molecule has 0 spiro atoms. The Morgan fingerprint density at radius 2 is 1.48 bits per heavy atom. The third-order valence-electron chi connectivity index (χ3n) is 4.04. The highest BCUT2D eigenvalue weighted by atomic mass is 35.5. The summed E-state index contributed by atoms with van der Waals surface area (Å²) in [6.07, 6.45) is -1.09. The Bertz CT molecular complexity index is 965. The lowest BCUT2D eigenvalue weighted by Gasteiger charge is -2.09. The second kappa shape index (κ2) is 12.5. The SMILES string of the molecule is NC(C[C@H](O)c1ccc(Cl)cc1)=NO.O[C@@H](Cc1noc(CCl)n1)c1ccc(Cl)cc1. The van der Waals surface area contributed by atoms with E-state index in [9.17, 15) is 10.2 Å². The van der Waals surface area contributed by atoms with Crippen molar-refractivity contribution in [3.63, 3.8) is 0 Å². The van der Waals surface area contributed by atoms with Gasteiger partial charge >= 0.3 is 0 Å². The van der Waals surface area contributed by atoms with Gasteiger partial charge in [-0.25, -0.2) is 0 Å². The topological polar surface area (TPSA) is 138 Å². The van der Waals surface area contributed by atoms with Gasteiger partial charge in [0, 0.05) is 22.9 Å². The maximum atomic E-state index is 9.95. The van der Waals surface area contributed by atoms with E-state index in [1.54, 1.807) is 48.5 Å². The number of aliphatic hydroxyl groups is 2. The van der Waals surface area contributed by atoms with Crippen LogP contribution in [0.25, 0.3) is 0 Å². The first-order chi connectivity index (χ1) is 14.8. The number of alkyl halides is 1. The first-order valence-corrected chi connectivity index (χ1v) is 10.3. The maximum Gasteiger partial charge on any atom is 0.241 e. The number of halogens is 3. The van der Waals surface area contributed by atoms with E-state index in [4.69, 9.17) is 50.3 Å². The molecule has 2 aromatic carbocycles. The second-order valence-corrected chi connectivity index (χ2v) is 7.51. The van der Waals surface area contributed by atoms with Gasteiger partial charge in [-0.3, -0.25) is 0 Å². The van der Waals surface area contributed by atoms with Gasteiger partial charge in [0.1, 0.15) is 11.7 Å². The number of hydrogen-bond donors (Lipinski definition) is 4. The van der Waals surface area contributed by atoms with Crippen LogP contribution >= 0.6 is 34.8 Å². The van der Waals surface area contributed by atoms with Crippen LogP contribution in [0.15, 0.2) is 58.2 Å². The van der Waals surface area contributed by atoms with Crippen LogP contribution in [0.4, 0.5) is 0 Å². The van der Waals surface area contributed by atoms with E-state index in [-0.39, 0.29) is 24.6 Å². The van der Waals surface area contributed by atoms with Crippen LogP contribution in [0.5, 0.6) is 0 Å². The van der Waals surface area contributed by atoms with Crippen molar-refractivity contribution in [1.82, 2.24) is 10.1 Å². The highest BCUT2D eigenvalue weighted by Gasteiger charge is 2.13. The van der Waals surface area contributed by atoms with Gasteiger partial charge in [0.25, 0.3) is 0 Å². The van der Waals surface area contributed by atoms with Gasteiger partial charge in [-0.2, -0.15) is 4.98 Å². The normalized spacial score (nSPS) is 13.3. The largest absolute Gasteiger partial charge is 0.409 e. The first-order valence-electron chi connectivity index (χ1n) is 9.03. The molecule has 0 saturated carbocycles. The standard InChI is InChI=1S/C11H10Cl2N2O2.C9H11ClN2O2/c12-6-11-14-10(15-17-11)5-9(16)7-1-3-8(13)4-2-7;10-7-3-1-6(2-4-7)8(13)5-9(11)12-14/h1-4,9,16H,5-6H2;1-4,8,13-14H,5H2,(H2,11,12)/t9-;8-/m00/s1. The molecule has 11 heteroatoms. The molecule has 0 fully saturated rings. The molecule has 0 saturated heterocycles. The summed E-state index contributed by atoms with van der Waals surface area (Å²) in [6, 6.07) is 13.7. The fourth-order valence-corrected chi connectivity index (χ4v) is 2.81.